The minimum atomic E-state index is -4.54. The van der Waals surface area contributed by atoms with E-state index in [-0.39, 0.29) is 21.9 Å². The van der Waals surface area contributed by atoms with Crippen molar-refractivity contribution in [3.05, 3.63) is 45.7 Å². The molecule has 0 unspecified atom stereocenters. The smallest absolute Gasteiger partial charge is 0.312 e. The van der Waals surface area contributed by atoms with E-state index in [1.165, 1.54) is 6.20 Å². The zero-order valence-electron chi connectivity index (χ0n) is 10.0. The normalized spacial score (nSPS) is 12.0. The lowest BCUT2D eigenvalue weighted by atomic mass is 10.3. The Kier molecular flexibility index (Phi) is 2.94. The summed E-state index contributed by atoms with van der Waals surface area (Å²) in [6, 6.07) is 0.741. The van der Waals surface area contributed by atoms with Crippen LogP contribution in [0.5, 0.6) is 0 Å². The highest BCUT2D eigenvalue weighted by molar-refractivity contribution is 6.32. The van der Waals surface area contributed by atoms with Gasteiger partial charge in [-0.05, 0) is 6.07 Å². The number of hydrogen-bond acceptors (Lipinski definition) is 4. The molecular weight excluding hydrogens is 311 g/mol. The van der Waals surface area contributed by atoms with Gasteiger partial charge in [-0.1, -0.05) is 11.6 Å². The Morgan fingerprint density at radius 3 is 2.67 bits per heavy atom. The summed E-state index contributed by atoms with van der Waals surface area (Å²) in [5, 5.41) is 3.81. The summed E-state index contributed by atoms with van der Waals surface area (Å²) in [7, 11) is 0. The number of aromatic amines is 1. The van der Waals surface area contributed by atoms with Gasteiger partial charge in [0.2, 0.25) is 0 Å². The first kappa shape index (κ1) is 13.6. The fraction of sp³-hybridized carbons (Fsp3) is 0.0909. The van der Waals surface area contributed by atoms with Gasteiger partial charge in [-0.3, -0.25) is 4.79 Å². The molecule has 108 valence electrons. The van der Waals surface area contributed by atoms with Crippen LogP contribution < -0.4 is 5.56 Å². The summed E-state index contributed by atoms with van der Waals surface area (Å²) >= 11 is 5.83. The number of halogens is 4. The quantitative estimate of drug-likeness (QED) is 0.746. The van der Waals surface area contributed by atoms with Crippen LogP contribution in [0.3, 0.4) is 0 Å². The minimum absolute atomic E-state index is 0.0437. The van der Waals surface area contributed by atoms with E-state index in [2.05, 4.69) is 20.1 Å². The van der Waals surface area contributed by atoms with E-state index < -0.39 is 17.3 Å². The first-order valence-corrected chi connectivity index (χ1v) is 5.90. The van der Waals surface area contributed by atoms with Crippen LogP contribution >= 0.6 is 11.6 Å². The van der Waals surface area contributed by atoms with Crippen molar-refractivity contribution < 1.29 is 13.2 Å². The fourth-order valence-corrected chi connectivity index (χ4v) is 2.00. The zero-order valence-corrected chi connectivity index (χ0v) is 10.8. The van der Waals surface area contributed by atoms with Gasteiger partial charge >= 0.3 is 6.18 Å². The van der Waals surface area contributed by atoms with Gasteiger partial charge in [0.1, 0.15) is 5.39 Å². The number of fused-ring (bicyclic) bond motifs is 1. The maximum atomic E-state index is 12.6. The Labute approximate surface area is 119 Å². The second-order valence-corrected chi connectivity index (χ2v) is 4.46. The monoisotopic (exact) mass is 315 g/mol. The van der Waals surface area contributed by atoms with E-state index in [0.717, 1.165) is 17.1 Å². The molecule has 3 aromatic heterocycles. The van der Waals surface area contributed by atoms with Crippen molar-refractivity contribution in [2.75, 3.05) is 0 Å². The molecule has 6 nitrogen and oxygen atoms in total. The van der Waals surface area contributed by atoms with Gasteiger partial charge in [-0.25, -0.2) is 9.97 Å². The largest absolute Gasteiger partial charge is 0.417 e. The van der Waals surface area contributed by atoms with Crippen molar-refractivity contribution in [3.63, 3.8) is 0 Å². The van der Waals surface area contributed by atoms with Crippen LogP contribution in [0.2, 0.25) is 5.02 Å². The Balaban J connectivity index is 2.20. The van der Waals surface area contributed by atoms with Gasteiger partial charge in [-0.2, -0.15) is 23.0 Å². The number of aromatic nitrogens is 5. The number of rotatable bonds is 1. The third-order valence-corrected chi connectivity index (χ3v) is 3.00. The van der Waals surface area contributed by atoms with E-state index in [4.69, 9.17) is 11.6 Å². The van der Waals surface area contributed by atoms with Crippen molar-refractivity contribution in [1.29, 1.82) is 0 Å². The predicted molar refractivity (Wildman–Crippen MR) is 67.3 cm³/mol. The maximum Gasteiger partial charge on any atom is 0.417 e. The molecule has 0 aromatic carbocycles. The molecule has 1 N–H and O–H groups in total. The summed E-state index contributed by atoms with van der Waals surface area (Å²) in [4.78, 5) is 21.5. The summed E-state index contributed by atoms with van der Waals surface area (Å²) in [6.07, 6.45) is -1.52. The average Bonchev–Trinajstić information content (AvgIpc) is 2.83. The molecule has 3 aromatic rings. The molecule has 10 heteroatoms. The lowest BCUT2D eigenvalue weighted by Gasteiger charge is -2.09. The molecular formula is C11H5ClF3N5O. The molecule has 3 heterocycles. The number of pyridine rings is 1. The summed E-state index contributed by atoms with van der Waals surface area (Å²) < 4.78 is 38.8. The third kappa shape index (κ3) is 2.25. The molecule has 0 aliphatic heterocycles. The maximum absolute atomic E-state index is 12.6. The van der Waals surface area contributed by atoms with Crippen LogP contribution in [-0.4, -0.2) is 24.7 Å². The molecule has 0 atom stereocenters. The summed E-state index contributed by atoms with van der Waals surface area (Å²) in [6.45, 7) is 0. The van der Waals surface area contributed by atoms with Gasteiger partial charge in [0.05, 0.1) is 23.1 Å². The summed E-state index contributed by atoms with van der Waals surface area (Å²) in [5.41, 5.74) is -1.25. The van der Waals surface area contributed by atoms with E-state index in [1.54, 1.807) is 0 Å². The van der Waals surface area contributed by atoms with Crippen LogP contribution in [0.15, 0.2) is 29.6 Å². The molecule has 3 rings (SSSR count). The molecule has 0 spiro atoms. The number of H-pyrrole nitrogens is 1. The van der Waals surface area contributed by atoms with Crippen LogP contribution in [0, 0.1) is 0 Å². The van der Waals surface area contributed by atoms with Crippen molar-refractivity contribution in [1.82, 2.24) is 24.7 Å². The number of alkyl halides is 3. The van der Waals surface area contributed by atoms with Crippen molar-refractivity contribution in [3.8, 4) is 5.82 Å². The standard InChI is InChI=1S/C11H5ClF3N5O/c12-7-1-5(11(13,14)15)2-16-9(7)20-8-6(3-19-20)10(21)18-4-17-8/h1-4H,(H,17,18,21). The summed E-state index contributed by atoms with van der Waals surface area (Å²) in [5.74, 6) is -0.0437. The van der Waals surface area contributed by atoms with Gasteiger partial charge in [0, 0.05) is 6.20 Å². The highest BCUT2D eigenvalue weighted by Gasteiger charge is 2.32. The van der Waals surface area contributed by atoms with Crippen LogP contribution in [-0.2, 0) is 6.18 Å². The zero-order chi connectivity index (χ0) is 15.2. The Morgan fingerprint density at radius 2 is 2.00 bits per heavy atom. The fourth-order valence-electron chi connectivity index (χ4n) is 1.75. The molecule has 0 fully saturated rings. The van der Waals surface area contributed by atoms with Crippen LogP contribution in [0.25, 0.3) is 16.9 Å². The third-order valence-electron chi connectivity index (χ3n) is 2.72. The topological polar surface area (TPSA) is 76.5 Å². The molecule has 0 amide bonds. The second-order valence-electron chi connectivity index (χ2n) is 4.05. The van der Waals surface area contributed by atoms with Crippen molar-refractivity contribution in [2.45, 2.75) is 6.18 Å². The highest BCUT2D eigenvalue weighted by atomic mass is 35.5. The molecule has 0 aliphatic rings. The molecule has 0 bridgehead atoms. The number of hydrogen-bond donors (Lipinski definition) is 1. The molecule has 0 aliphatic carbocycles. The van der Waals surface area contributed by atoms with Gasteiger partial charge in [-0.15, -0.1) is 0 Å². The van der Waals surface area contributed by atoms with Crippen LogP contribution in [0.1, 0.15) is 5.56 Å². The average molecular weight is 316 g/mol. The molecule has 0 radical (unpaired) electrons. The van der Waals surface area contributed by atoms with E-state index in [1.807, 2.05) is 0 Å². The minimum Gasteiger partial charge on any atom is -0.312 e. The molecule has 0 saturated carbocycles. The Morgan fingerprint density at radius 1 is 1.24 bits per heavy atom. The van der Waals surface area contributed by atoms with Gasteiger partial charge in [0.25, 0.3) is 5.56 Å². The van der Waals surface area contributed by atoms with Crippen molar-refractivity contribution >= 4 is 22.6 Å². The van der Waals surface area contributed by atoms with E-state index in [9.17, 15) is 18.0 Å². The number of nitrogens with zero attached hydrogens (tertiary/aromatic N) is 4. The SMILES string of the molecule is O=c1[nH]cnc2c1cnn2-c1ncc(C(F)(F)F)cc1Cl. The lowest BCUT2D eigenvalue weighted by Crippen LogP contribution is -2.09. The van der Waals surface area contributed by atoms with E-state index >= 15 is 0 Å². The molecule has 21 heavy (non-hydrogen) atoms. The van der Waals surface area contributed by atoms with E-state index in [0.29, 0.717) is 6.20 Å². The van der Waals surface area contributed by atoms with Gasteiger partial charge < -0.3 is 4.98 Å². The first-order chi connectivity index (χ1) is 9.88. The predicted octanol–water partition coefficient (Wildman–Crippen LogP) is 2.18. The number of nitrogens with one attached hydrogen (secondary N) is 1. The Bertz CT molecular complexity index is 885. The van der Waals surface area contributed by atoms with Gasteiger partial charge in [0.15, 0.2) is 11.5 Å². The van der Waals surface area contributed by atoms with Crippen molar-refractivity contribution in [2.24, 2.45) is 0 Å². The Hall–Kier alpha value is -2.42. The molecule has 0 saturated heterocycles. The van der Waals surface area contributed by atoms with Crippen LogP contribution in [0.4, 0.5) is 13.2 Å². The first-order valence-electron chi connectivity index (χ1n) is 5.52. The lowest BCUT2D eigenvalue weighted by molar-refractivity contribution is -0.137. The highest BCUT2D eigenvalue weighted by Crippen LogP contribution is 2.32. The second kappa shape index (κ2) is 4.55.